The lowest BCUT2D eigenvalue weighted by molar-refractivity contribution is 0.0458. The molecule has 1 aliphatic rings. The highest BCUT2D eigenvalue weighted by atomic mass is 31.2. The summed E-state index contributed by atoms with van der Waals surface area (Å²) in [6.45, 7) is 4.90. The summed E-state index contributed by atoms with van der Waals surface area (Å²) < 4.78 is 22.8. The summed E-state index contributed by atoms with van der Waals surface area (Å²) in [5.74, 6) is 1.40. The molecule has 0 N–H and O–H groups in total. The van der Waals surface area contributed by atoms with Crippen molar-refractivity contribution < 1.29 is 13.6 Å². The van der Waals surface area contributed by atoms with Crippen molar-refractivity contribution in [1.82, 2.24) is 0 Å². The Morgan fingerprint density at radius 1 is 1.22 bits per heavy atom. The van der Waals surface area contributed by atoms with Crippen LogP contribution in [-0.2, 0) is 13.6 Å². The Balaban J connectivity index is 2.06. The summed E-state index contributed by atoms with van der Waals surface area (Å²) in [4.78, 5) is 0. The standard InChI is InChI=1S/C14H17O3P/c1-14(2)11-16-18(15,17-12-14)10-6-9-13-7-4-3-5-8-13/h3-5,7-10H,11-12H2,1-2H3. The number of hydrogen-bond donors (Lipinski definition) is 0. The first-order chi connectivity index (χ1) is 8.49. The smallest absolute Gasteiger partial charge is 0.305 e. The Hall–Kier alpha value is -1.11. The van der Waals surface area contributed by atoms with Gasteiger partial charge in [0.1, 0.15) is 0 Å². The third-order valence-electron chi connectivity index (χ3n) is 2.55. The van der Waals surface area contributed by atoms with Crippen molar-refractivity contribution >= 4 is 13.7 Å². The molecule has 1 saturated heterocycles. The highest BCUT2D eigenvalue weighted by Gasteiger charge is 2.34. The van der Waals surface area contributed by atoms with Crippen LogP contribution in [0.1, 0.15) is 19.4 Å². The van der Waals surface area contributed by atoms with Crippen LogP contribution in [0.15, 0.2) is 41.9 Å². The van der Waals surface area contributed by atoms with E-state index in [0.717, 1.165) is 5.56 Å². The Morgan fingerprint density at radius 3 is 2.44 bits per heavy atom. The second kappa shape index (κ2) is 5.26. The van der Waals surface area contributed by atoms with E-state index < -0.39 is 7.60 Å². The minimum Gasteiger partial charge on any atom is -0.305 e. The summed E-state index contributed by atoms with van der Waals surface area (Å²) in [5, 5.41) is 0. The highest BCUT2D eigenvalue weighted by Crippen LogP contribution is 2.54. The van der Waals surface area contributed by atoms with Crippen LogP contribution in [0.4, 0.5) is 0 Å². The van der Waals surface area contributed by atoms with Crippen LogP contribution < -0.4 is 0 Å². The van der Waals surface area contributed by atoms with Gasteiger partial charge in [-0.2, -0.15) is 0 Å². The first kappa shape index (κ1) is 13.3. The van der Waals surface area contributed by atoms with E-state index in [0.29, 0.717) is 13.2 Å². The Labute approximate surface area is 108 Å². The van der Waals surface area contributed by atoms with Crippen LogP contribution in [0.2, 0.25) is 0 Å². The third-order valence-corrected chi connectivity index (χ3v) is 4.00. The van der Waals surface area contributed by atoms with E-state index in [1.165, 1.54) is 5.82 Å². The summed E-state index contributed by atoms with van der Waals surface area (Å²) in [6, 6.07) is 9.71. The summed E-state index contributed by atoms with van der Waals surface area (Å²) in [6.07, 6.45) is 1.76. The molecule has 1 heterocycles. The van der Waals surface area contributed by atoms with Gasteiger partial charge in [-0.05, 0) is 11.6 Å². The largest absolute Gasteiger partial charge is 0.361 e. The van der Waals surface area contributed by atoms with E-state index >= 15 is 0 Å². The zero-order valence-corrected chi connectivity index (χ0v) is 11.5. The van der Waals surface area contributed by atoms with E-state index in [4.69, 9.17) is 9.05 Å². The lowest BCUT2D eigenvalue weighted by atomic mass is 9.97. The number of rotatable bonds is 2. The normalized spacial score (nSPS) is 20.8. The average molecular weight is 264 g/mol. The third kappa shape index (κ3) is 3.69. The molecular weight excluding hydrogens is 247 g/mol. The summed E-state index contributed by atoms with van der Waals surface area (Å²) >= 11 is 0. The molecule has 2 rings (SSSR count). The molecule has 1 fully saturated rings. The van der Waals surface area contributed by atoms with Crippen LogP contribution in [0, 0.1) is 5.41 Å². The van der Waals surface area contributed by atoms with Crippen LogP contribution in [0.5, 0.6) is 0 Å². The van der Waals surface area contributed by atoms with Crippen molar-refractivity contribution in [3.05, 3.63) is 47.4 Å². The van der Waals surface area contributed by atoms with Gasteiger partial charge >= 0.3 is 7.60 Å². The molecule has 0 atom stereocenters. The average Bonchev–Trinajstić information content (AvgIpc) is 2.35. The second-order valence-corrected chi connectivity index (χ2v) is 6.96. The molecule has 0 aromatic heterocycles. The highest BCUT2D eigenvalue weighted by molar-refractivity contribution is 7.57. The van der Waals surface area contributed by atoms with Crippen molar-refractivity contribution in [3.63, 3.8) is 0 Å². The minimum atomic E-state index is -3.10. The van der Waals surface area contributed by atoms with Gasteiger partial charge in [-0.15, -0.1) is 5.73 Å². The molecule has 1 aromatic carbocycles. The molecule has 1 aromatic rings. The van der Waals surface area contributed by atoms with Gasteiger partial charge in [0.25, 0.3) is 0 Å². The van der Waals surface area contributed by atoms with Crippen LogP contribution in [0.25, 0.3) is 6.08 Å². The second-order valence-electron chi connectivity index (χ2n) is 5.10. The van der Waals surface area contributed by atoms with E-state index in [1.54, 1.807) is 6.08 Å². The van der Waals surface area contributed by atoms with Gasteiger partial charge in [0.2, 0.25) is 0 Å². The van der Waals surface area contributed by atoms with Crippen LogP contribution in [0.3, 0.4) is 0 Å². The van der Waals surface area contributed by atoms with Gasteiger partial charge in [0.05, 0.1) is 19.0 Å². The van der Waals surface area contributed by atoms with Gasteiger partial charge in [-0.3, -0.25) is 4.57 Å². The monoisotopic (exact) mass is 264 g/mol. The topological polar surface area (TPSA) is 35.5 Å². The maximum atomic E-state index is 12.1. The van der Waals surface area contributed by atoms with Crippen molar-refractivity contribution in [3.8, 4) is 0 Å². The fraction of sp³-hybridized carbons (Fsp3) is 0.357. The first-order valence-electron chi connectivity index (χ1n) is 5.87. The van der Waals surface area contributed by atoms with Crippen molar-refractivity contribution in [2.45, 2.75) is 13.8 Å². The van der Waals surface area contributed by atoms with E-state index in [9.17, 15) is 4.57 Å². The Morgan fingerprint density at radius 2 is 1.83 bits per heavy atom. The lowest BCUT2D eigenvalue weighted by Gasteiger charge is -2.32. The van der Waals surface area contributed by atoms with E-state index in [1.807, 2.05) is 44.2 Å². The Bertz CT molecular complexity index is 499. The molecule has 96 valence electrons. The van der Waals surface area contributed by atoms with E-state index in [2.05, 4.69) is 5.73 Å². The molecule has 0 amide bonds. The molecule has 1 aliphatic heterocycles. The first-order valence-corrected chi connectivity index (χ1v) is 7.48. The summed E-state index contributed by atoms with van der Waals surface area (Å²) in [5.41, 5.74) is 3.80. The molecule has 3 nitrogen and oxygen atoms in total. The van der Waals surface area contributed by atoms with Gasteiger partial charge in [0.15, 0.2) is 0 Å². The molecule has 18 heavy (non-hydrogen) atoms. The van der Waals surface area contributed by atoms with Crippen molar-refractivity contribution in [2.75, 3.05) is 13.2 Å². The zero-order valence-electron chi connectivity index (χ0n) is 10.6. The molecule has 0 radical (unpaired) electrons. The molecule has 0 aliphatic carbocycles. The fourth-order valence-electron chi connectivity index (χ4n) is 1.46. The quantitative estimate of drug-likeness (QED) is 0.596. The van der Waals surface area contributed by atoms with Gasteiger partial charge in [-0.1, -0.05) is 44.2 Å². The molecule has 4 heteroatoms. The van der Waals surface area contributed by atoms with Crippen LogP contribution in [-0.4, -0.2) is 13.2 Å². The number of hydrogen-bond acceptors (Lipinski definition) is 3. The van der Waals surface area contributed by atoms with E-state index in [-0.39, 0.29) is 5.41 Å². The van der Waals surface area contributed by atoms with Crippen molar-refractivity contribution in [2.24, 2.45) is 5.41 Å². The predicted octanol–water partition coefficient (Wildman–Crippen LogP) is 4.08. The van der Waals surface area contributed by atoms with Crippen molar-refractivity contribution in [1.29, 1.82) is 0 Å². The molecular formula is C14H17O3P. The maximum Gasteiger partial charge on any atom is 0.361 e. The van der Waals surface area contributed by atoms with Gasteiger partial charge < -0.3 is 9.05 Å². The fourth-order valence-corrected chi connectivity index (χ4v) is 3.00. The lowest BCUT2D eigenvalue weighted by Crippen LogP contribution is -2.28. The maximum absolute atomic E-state index is 12.1. The SMILES string of the molecule is CC1(C)COP(=O)(C=C=Cc2ccccc2)OC1. The molecule has 0 spiro atoms. The zero-order chi connectivity index (χ0) is 13.1. The number of benzene rings is 1. The van der Waals surface area contributed by atoms with Crippen LogP contribution >= 0.6 is 7.60 Å². The van der Waals surface area contributed by atoms with Gasteiger partial charge in [-0.25, -0.2) is 0 Å². The molecule has 0 unspecified atom stereocenters. The Kier molecular flexibility index (Phi) is 3.89. The minimum absolute atomic E-state index is 0.0785. The van der Waals surface area contributed by atoms with Gasteiger partial charge in [0, 0.05) is 5.41 Å². The molecule has 0 bridgehead atoms. The predicted molar refractivity (Wildman–Crippen MR) is 72.3 cm³/mol. The summed E-state index contributed by atoms with van der Waals surface area (Å²) in [7, 11) is -3.10. The molecule has 0 saturated carbocycles.